The van der Waals surface area contributed by atoms with Gasteiger partial charge in [-0.25, -0.2) is 0 Å². The zero-order valence-electron chi connectivity index (χ0n) is 29.9. The number of hydrogen-bond acceptors (Lipinski definition) is 7. The number of hydrogen-bond donors (Lipinski definition) is 3. The first-order valence-corrected chi connectivity index (χ1v) is 18.7. The molecule has 7 atom stereocenters. The van der Waals surface area contributed by atoms with E-state index in [0.717, 1.165) is 33.6 Å². The monoisotopic (exact) mass is 734 g/mol. The van der Waals surface area contributed by atoms with Gasteiger partial charge >= 0.3 is 0 Å². The summed E-state index contributed by atoms with van der Waals surface area (Å²) in [6, 6.07) is 43.0. The molecule has 276 valence electrons. The second-order valence-electron chi connectivity index (χ2n) is 14.2. The lowest BCUT2D eigenvalue weighted by Crippen LogP contribution is -2.70. The van der Waals surface area contributed by atoms with Gasteiger partial charge in [-0.05, 0) is 71.3 Å². The Kier molecular flexibility index (Phi) is 11.6. The van der Waals surface area contributed by atoms with Crippen LogP contribution in [0.4, 0.5) is 0 Å². The van der Waals surface area contributed by atoms with Crippen molar-refractivity contribution in [1.29, 1.82) is 0 Å². The van der Waals surface area contributed by atoms with E-state index in [1.165, 1.54) is 0 Å². The van der Waals surface area contributed by atoms with Crippen LogP contribution in [0.1, 0.15) is 46.7 Å². The van der Waals surface area contributed by atoms with Gasteiger partial charge in [-0.15, -0.1) is 0 Å². The summed E-state index contributed by atoms with van der Waals surface area (Å²) >= 11 is 6.87. The first-order valence-electron chi connectivity index (χ1n) is 18.3. The van der Waals surface area contributed by atoms with Gasteiger partial charge < -0.3 is 34.3 Å². The Morgan fingerprint density at radius 3 is 1.75 bits per heavy atom. The second-order valence-corrected chi connectivity index (χ2v) is 14.6. The highest BCUT2D eigenvalue weighted by atomic mass is 35.5. The summed E-state index contributed by atoms with van der Waals surface area (Å²) in [4.78, 5) is 0. The minimum Gasteiger partial charge on any atom is -0.494 e. The van der Waals surface area contributed by atoms with Crippen molar-refractivity contribution >= 4 is 11.6 Å². The molecule has 7 nitrogen and oxygen atoms in total. The van der Waals surface area contributed by atoms with Gasteiger partial charge in [0.1, 0.15) is 18.0 Å². The third kappa shape index (κ3) is 7.40. The van der Waals surface area contributed by atoms with Crippen LogP contribution in [0.25, 0.3) is 0 Å². The first kappa shape index (κ1) is 37.3. The van der Waals surface area contributed by atoms with Gasteiger partial charge in [0, 0.05) is 5.02 Å². The maximum atomic E-state index is 12.8. The van der Waals surface area contributed by atoms with E-state index in [0.29, 0.717) is 23.6 Å². The Hall–Kier alpha value is -4.05. The van der Waals surface area contributed by atoms with Crippen LogP contribution >= 0.6 is 11.6 Å². The van der Waals surface area contributed by atoms with Crippen LogP contribution in [-0.4, -0.2) is 59.1 Å². The number of aliphatic hydroxyl groups excluding tert-OH is 3. The van der Waals surface area contributed by atoms with Gasteiger partial charge in [0.15, 0.2) is 0 Å². The largest absolute Gasteiger partial charge is 0.494 e. The molecular formula is C45H47ClO7. The molecule has 0 radical (unpaired) electrons. The van der Waals surface area contributed by atoms with Crippen molar-refractivity contribution in [1.82, 2.24) is 0 Å². The minimum absolute atomic E-state index is 0.0668. The lowest BCUT2D eigenvalue weighted by Gasteiger charge is -2.56. The Morgan fingerprint density at radius 2 is 1.21 bits per heavy atom. The average molecular weight is 735 g/mol. The zero-order chi connectivity index (χ0) is 36.8. The van der Waals surface area contributed by atoms with E-state index >= 15 is 0 Å². The average Bonchev–Trinajstić information content (AvgIpc) is 3.37. The number of halogens is 1. The van der Waals surface area contributed by atoms with Gasteiger partial charge in [-0.2, -0.15) is 0 Å². The summed E-state index contributed by atoms with van der Waals surface area (Å²) in [5.74, 6) is 0.790. The fourth-order valence-corrected chi connectivity index (χ4v) is 8.64. The predicted molar refractivity (Wildman–Crippen MR) is 205 cm³/mol. The molecule has 3 N–H and O–H groups in total. The predicted octanol–water partition coefficient (Wildman–Crippen LogP) is 7.44. The van der Waals surface area contributed by atoms with E-state index in [-0.39, 0.29) is 26.2 Å². The van der Waals surface area contributed by atoms with Gasteiger partial charge in [0.25, 0.3) is 0 Å². The summed E-state index contributed by atoms with van der Waals surface area (Å²) < 4.78 is 26.2. The van der Waals surface area contributed by atoms with E-state index < -0.39 is 48.0 Å². The fourth-order valence-electron chi connectivity index (χ4n) is 8.45. The van der Waals surface area contributed by atoms with E-state index in [4.69, 9.17) is 30.5 Å². The molecule has 8 heteroatoms. The number of benzene rings is 5. The Labute approximate surface area is 316 Å². The van der Waals surface area contributed by atoms with Gasteiger partial charge in [-0.3, -0.25) is 0 Å². The molecule has 2 unspecified atom stereocenters. The SMILES string of the molecule is CCOc1ccc(Cc2cc([C@]34C(O)C[C@](CO)(C3O)[C@H](OCc3ccccc3)[C@H](OCc3ccccc3)[C@@H]4OCc3ccccc3)ccc2Cl)cc1. The van der Waals surface area contributed by atoms with Crippen molar-refractivity contribution in [3.8, 4) is 5.75 Å². The van der Waals surface area contributed by atoms with Crippen LogP contribution in [0.15, 0.2) is 133 Å². The number of fused-ring (bicyclic) bond motifs is 2. The van der Waals surface area contributed by atoms with E-state index in [1.807, 2.05) is 140 Å². The molecular weight excluding hydrogens is 688 g/mol. The van der Waals surface area contributed by atoms with E-state index in [2.05, 4.69) is 0 Å². The maximum absolute atomic E-state index is 12.8. The topological polar surface area (TPSA) is 97.6 Å². The molecule has 0 aliphatic heterocycles. The summed E-state index contributed by atoms with van der Waals surface area (Å²) in [5.41, 5.74) is 2.64. The van der Waals surface area contributed by atoms with Crippen LogP contribution in [0.2, 0.25) is 5.02 Å². The molecule has 2 bridgehead atoms. The Balaban J connectivity index is 1.34. The molecule has 2 saturated carbocycles. The van der Waals surface area contributed by atoms with Crippen LogP contribution in [0.3, 0.4) is 0 Å². The molecule has 0 saturated heterocycles. The van der Waals surface area contributed by atoms with Crippen LogP contribution in [0.5, 0.6) is 5.75 Å². The standard InChI is InChI=1S/C45H47ClO7/c1-2-50-37-21-18-31(19-22-37)24-35-25-36(20-23-38(35)46)45-39(48)26-44(30-47,43(45)49)41(52-28-33-14-8-4-9-15-33)40(51-27-32-12-6-3-7-13-32)42(45)53-29-34-16-10-5-11-17-34/h3-23,25,39-43,47-49H,2,24,26-30H2,1H3/t39?,40-,41+,42-,43?,44+,45+/m0/s1. The van der Waals surface area contributed by atoms with Crippen LogP contribution in [-0.2, 0) is 45.9 Å². The normalized spacial score (nSPS) is 26.4. The summed E-state index contributed by atoms with van der Waals surface area (Å²) in [5, 5.41) is 37.2. The number of ether oxygens (including phenoxy) is 4. The maximum Gasteiger partial charge on any atom is 0.119 e. The molecule has 2 aliphatic carbocycles. The molecule has 5 aromatic carbocycles. The van der Waals surface area contributed by atoms with E-state index in [9.17, 15) is 15.3 Å². The first-order chi connectivity index (χ1) is 25.9. The fraction of sp³-hybridized carbons (Fsp3) is 0.333. The quantitative estimate of drug-likeness (QED) is 0.103. The van der Waals surface area contributed by atoms with Crippen molar-refractivity contribution in [3.63, 3.8) is 0 Å². The lowest BCUT2D eigenvalue weighted by molar-refractivity contribution is -0.263. The number of rotatable bonds is 15. The highest BCUT2D eigenvalue weighted by molar-refractivity contribution is 6.31. The van der Waals surface area contributed by atoms with Crippen LogP contribution in [0, 0.1) is 5.41 Å². The van der Waals surface area contributed by atoms with Crippen molar-refractivity contribution in [2.24, 2.45) is 5.41 Å². The minimum atomic E-state index is -1.41. The molecule has 7 rings (SSSR count). The van der Waals surface area contributed by atoms with Crippen LogP contribution < -0.4 is 4.74 Å². The third-order valence-electron chi connectivity index (χ3n) is 11.1. The molecule has 0 heterocycles. The smallest absolute Gasteiger partial charge is 0.119 e. The molecule has 53 heavy (non-hydrogen) atoms. The Morgan fingerprint density at radius 1 is 0.660 bits per heavy atom. The van der Waals surface area contributed by atoms with Gasteiger partial charge in [-0.1, -0.05) is 127 Å². The Bertz CT molecular complexity index is 1910. The van der Waals surface area contributed by atoms with Crippen molar-refractivity contribution < 1.29 is 34.3 Å². The second kappa shape index (κ2) is 16.5. The molecule has 0 amide bonds. The molecule has 0 aromatic heterocycles. The van der Waals surface area contributed by atoms with Crippen molar-refractivity contribution in [3.05, 3.63) is 172 Å². The van der Waals surface area contributed by atoms with Gasteiger partial charge in [0.2, 0.25) is 0 Å². The lowest BCUT2D eigenvalue weighted by atomic mass is 9.59. The molecule has 2 fully saturated rings. The summed E-state index contributed by atoms with van der Waals surface area (Å²) in [7, 11) is 0. The van der Waals surface area contributed by atoms with Crippen molar-refractivity contribution in [2.45, 2.75) is 75.5 Å². The zero-order valence-corrected chi connectivity index (χ0v) is 30.6. The molecule has 5 aromatic rings. The highest BCUT2D eigenvalue weighted by Crippen LogP contribution is 2.62. The van der Waals surface area contributed by atoms with E-state index in [1.54, 1.807) is 0 Å². The molecule has 0 spiro atoms. The highest BCUT2D eigenvalue weighted by Gasteiger charge is 2.75. The summed E-state index contributed by atoms with van der Waals surface area (Å²) in [6.45, 7) is 2.74. The third-order valence-corrected chi connectivity index (χ3v) is 11.4. The van der Waals surface area contributed by atoms with Crippen molar-refractivity contribution in [2.75, 3.05) is 13.2 Å². The number of aliphatic hydroxyl groups is 3. The summed E-state index contributed by atoms with van der Waals surface area (Å²) in [6.07, 6.45) is -4.37. The van der Waals surface area contributed by atoms with Gasteiger partial charge in [0.05, 0.1) is 62.2 Å². The molecule has 2 aliphatic rings.